The minimum absolute atomic E-state index is 0.376. The van der Waals surface area contributed by atoms with E-state index in [9.17, 15) is 5.11 Å². The molecule has 0 aromatic rings. The van der Waals surface area contributed by atoms with E-state index >= 15 is 0 Å². The second-order valence-electron chi connectivity index (χ2n) is 6.11. The smallest absolute Gasteiger partial charge is 0.0622 e. The zero-order valence-corrected chi connectivity index (χ0v) is 10.9. The molecule has 1 heteroatoms. The number of rotatable bonds is 6. The molecule has 0 radical (unpaired) electrons. The van der Waals surface area contributed by atoms with Gasteiger partial charge in [0.25, 0.3) is 0 Å². The molecule has 0 bridgehead atoms. The first kappa shape index (κ1) is 14.0. The van der Waals surface area contributed by atoms with E-state index in [1.165, 1.54) is 6.42 Å². The Morgan fingerprint density at radius 3 is 1.93 bits per heavy atom. The summed E-state index contributed by atoms with van der Waals surface area (Å²) in [5.41, 5.74) is -0.0957. The molecule has 0 rings (SSSR count). The van der Waals surface area contributed by atoms with Crippen molar-refractivity contribution >= 4 is 0 Å². The van der Waals surface area contributed by atoms with Crippen molar-refractivity contribution in [3.8, 4) is 0 Å². The van der Waals surface area contributed by atoms with Crippen LogP contribution in [0.15, 0.2) is 0 Å². The van der Waals surface area contributed by atoms with Gasteiger partial charge in [-0.05, 0) is 37.5 Å². The third-order valence-corrected chi connectivity index (χ3v) is 3.15. The molecule has 0 aliphatic heterocycles. The van der Waals surface area contributed by atoms with Crippen LogP contribution in [0.5, 0.6) is 0 Å². The maximum Gasteiger partial charge on any atom is 0.0622 e. The Balaban J connectivity index is 3.98. The molecule has 14 heavy (non-hydrogen) atoms. The number of aliphatic hydroxyl groups is 1. The van der Waals surface area contributed by atoms with Crippen molar-refractivity contribution in [1.82, 2.24) is 0 Å². The van der Waals surface area contributed by atoms with Crippen molar-refractivity contribution < 1.29 is 5.11 Å². The average Bonchev–Trinajstić information content (AvgIpc) is 1.99. The van der Waals surface area contributed by atoms with Crippen molar-refractivity contribution in [3.05, 3.63) is 0 Å². The summed E-state index contributed by atoms with van der Waals surface area (Å²) < 4.78 is 0. The highest BCUT2D eigenvalue weighted by atomic mass is 16.3. The monoisotopic (exact) mass is 200 g/mol. The highest BCUT2D eigenvalue weighted by Crippen LogP contribution is 2.31. The van der Waals surface area contributed by atoms with Crippen molar-refractivity contribution in [2.24, 2.45) is 11.3 Å². The van der Waals surface area contributed by atoms with Gasteiger partial charge >= 0.3 is 0 Å². The van der Waals surface area contributed by atoms with Gasteiger partial charge in [0, 0.05) is 0 Å². The lowest BCUT2D eigenvalue weighted by Gasteiger charge is -2.30. The molecule has 0 fully saturated rings. The van der Waals surface area contributed by atoms with E-state index in [1.807, 2.05) is 6.92 Å². The molecule has 0 aliphatic carbocycles. The van der Waals surface area contributed by atoms with Gasteiger partial charge < -0.3 is 5.11 Å². The van der Waals surface area contributed by atoms with Crippen LogP contribution in [-0.4, -0.2) is 10.7 Å². The van der Waals surface area contributed by atoms with Crippen LogP contribution in [0.1, 0.15) is 67.2 Å². The first-order valence-electron chi connectivity index (χ1n) is 5.91. The Morgan fingerprint density at radius 2 is 1.57 bits per heavy atom. The Morgan fingerprint density at radius 1 is 1.07 bits per heavy atom. The van der Waals surface area contributed by atoms with Crippen LogP contribution in [0.4, 0.5) is 0 Å². The summed E-state index contributed by atoms with van der Waals surface area (Å²) in [6.45, 7) is 13.1. The van der Waals surface area contributed by atoms with Crippen LogP contribution in [0, 0.1) is 11.3 Å². The van der Waals surface area contributed by atoms with Gasteiger partial charge in [-0.1, -0.05) is 41.0 Å². The SMILES string of the molecule is CCC(C)(C)CCC(C)(O)CC(C)C. The molecule has 0 aromatic heterocycles. The topological polar surface area (TPSA) is 20.2 Å². The van der Waals surface area contributed by atoms with E-state index in [-0.39, 0.29) is 0 Å². The van der Waals surface area contributed by atoms with Crippen molar-refractivity contribution in [2.45, 2.75) is 72.8 Å². The van der Waals surface area contributed by atoms with Gasteiger partial charge in [-0.15, -0.1) is 0 Å². The average molecular weight is 200 g/mol. The zero-order chi connectivity index (χ0) is 11.4. The van der Waals surface area contributed by atoms with Crippen LogP contribution in [0.25, 0.3) is 0 Å². The van der Waals surface area contributed by atoms with Crippen LogP contribution in [0.3, 0.4) is 0 Å². The number of hydrogen-bond acceptors (Lipinski definition) is 1. The molecule has 0 saturated carbocycles. The van der Waals surface area contributed by atoms with E-state index in [2.05, 4.69) is 34.6 Å². The van der Waals surface area contributed by atoms with Crippen molar-refractivity contribution in [1.29, 1.82) is 0 Å². The molecule has 0 amide bonds. The second-order valence-corrected chi connectivity index (χ2v) is 6.11. The molecule has 0 heterocycles. The molecule has 0 spiro atoms. The molecule has 0 saturated heterocycles. The third-order valence-electron chi connectivity index (χ3n) is 3.15. The summed E-state index contributed by atoms with van der Waals surface area (Å²) in [6, 6.07) is 0. The standard InChI is InChI=1S/C13H28O/c1-7-12(4,5)8-9-13(6,14)10-11(2)3/h11,14H,7-10H2,1-6H3. The second kappa shape index (κ2) is 5.16. The van der Waals surface area contributed by atoms with E-state index in [0.29, 0.717) is 11.3 Å². The number of hydrogen-bond donors (Lipinski definition) is 1. The van der Waals surface area contributed by atoms with Gasteiger partial charge in [0.05, 0.1) is 5.60 Å². The molecule has 0 aliphatic rings. The summed E-state index contributed by atoms with van der Waals surface area (Å²) >= 11 is 0. The van der Waals surface area contributed by atoms with Crippen molar-refractivity contribution in [2.75, 3.05) is 0 Å². The zero-order valence-electron chi connectivity index (χ0n) is 10.9. The van der Waals surface area contributed by atoms with E-state index in [1.54, 1.807) is 0 Å². The predicted octanol–water partition coefficient (Wildman–Crippen LogP) is 4.00. The van der Waals surface area contributed by atoms with Gasteiger partial charge in [0.15, 0.2) is 0 Å². The fourth-order valence-electron chi connectivity index (χ4n) is 1.77. The summed E-state index contributed by atoms with van der Waals surface area (Å²) in [5.74, 6) is 0.578. The van der Waals surface area contributed by atoms with E-state index in [4.69, 9.17) is 0 Å². The molecule has 1 nitrogen and oxygen atoms in total. The summed E-state index contributed by atoms with van der Waals surface area (Å²) in [5, 5.41) is 10.1. The Labute approximate surface area is 89.9 Å². The lowest BCUT2D eigenvalue weighted by Crippen LogP contribution is -2.28. The molecule has 0 aromatic carbocycles. The van der Waals surface area contributed by atoms with Gasteiger partial charge in [-0.3, -0.25) is 0 Å². The molecule has 86 valence electrons. The first-order valence-corrected chi connectivity index (χ1v) is 5.91. The molecule has 1 unspecified atom stereocenters. The van der Waals surface area contributed by atoms with Crippen LogP contribution in [-0.2, 0) is 0 Å². The normalized spacial score (nSPS) is 17.1. The summed E-state index contributed by atoms with van der Waals surface area (Å²) in [6.07, 6.45) is 4.13. The maximum atomic E-state index is 10.1. The fraction of sp³-hybridized carbons (Fsp3) is 1.00. The highest BCUT2D eigenvalue weighted by Gasteiger charge is 2.25. The third kappa shape index (κ3) is 6.42. The summed E-state index contributed by atoms with van der Waals surface area (Å²) in [7, 11) is 0. The first-order chi connectivity index (χ1) is 6.18. The van der Waals surface area contributed by atoms with Crippen LogP contribution in [0.2, 0.25) is 0 Å². The van der Waals surface area contributed by atoms with Crippen molar-refractivity contribution in [3.63, 3.8) is 0 Å². The Bertz CT molecular complexity index is 157. The lowest BCUT2D eigenvalue weighted by molar-refractivity contribution is 0.0181. The molecular weight excluding hydrogens is 172 g/mol. The van der Waals surface area contributed by atoms with Crippen LogP contribution < -0.4 is 0 Å². The van der Waals surface area contributed by atoms with Gasteiger partial charge in [-0.2, -0.15) is 0 Å². The predicted molar refractivity (Wildman–Crippen MR) is 63.4 cm³/mol. The molecular formula is C13H28O. The minimum Gasteiger partial charge on any atom is -0.390 e. The van der Waals surface area contributed by atoms with Crippen LogP contribution >= 0.6 is 0 Å². The maximum absolute atomic E-state index is 10.1. The van der Waals surface area contributed by atoms with Gasteiger partial charge in [0.2, 0.25) is 0 Å². The molecule has 1 atom stereocenters. The quantitative estimate of drug-likeness (QED) is 0.687. The largest absolute Gasteiger partial charge is 0.390 e. The lowest BCUT2D eigenvalue weighted by atomic mass is 9.79. The summed E-state index contributed by atoms with van der Waals surface area (Å²) in [4.78, 5) is 0. The van der Waals surface area contributed by atoms with E-state index < -0.39 is 5.60 Å². The minimum atomic E-state index is -0.472. The Hall–Kier alpha value is -0.0400. The highest BCUT2D eigenvalue weighted by molar-refractivity contribution is 4.78. The molecule has 1 N–H and O–H groups in total. The Kier molecular flexibility index (Phi) is 5.14. The van der Waals surface area contributed by atoms with Gasteiger partial charge in [-0.25, -0.2) is 0 Å². The van der Waals surface area contributed by atoms with E-state index in [0.717, 1.165) is 19.3 Å². The fourth-order valence-corrected chi connectivity index (χ4v) is 1.77. The van der Waals surface area contributed by atoms with Gasteiger partial charge in [0.1, 0.15) is 0 Å².